The summed E-state index contributed by atoms with van der Waals surface area (Å²) in [6.45, 7) is 4.56. The van der Waals surface area contributed by atoms with Crippen molar-refractivity contribution in [2.24, 2.45) is 0 Å². The lowest BCUT2D eigenvalue weighted by molar-refractivity contribution is 0.717. The van der Waals surface area contributed by atoms with Crippen molar-refractivity contribution in [3.05, 3.63) is 23.3 Å². The van der Waals surface area contributed by atoms with E-state index in [0.717, 1.165) is 0 Å². The summed E-state index contributed by atoms with van der Waals surface area (Å²) in [5.41, 5.74) is 3.37. The standard InChI is InChI=1S/C17H30/c1-3-5-8-12-16-14-10-7-11-15-17(16)13-9-6-4-2/h12-13H,3-11,14-15H2,1-2H3. The van der Waals surface area contributed by atoms with Gasteiger partial charge in [-0.05, 0) is 49.7 Å². The zero-order valence-electron chi connectivity index (χ0n) is 11.9. The lowest BCUT2D eigenvalue weighted by Crippen LogP contribution is -1.89. The molecule has 1 saturated carbocycles. The molecule has 0 atom stereocenters. The molecule has 0 unspecified atom stereocenters. The van der Waals surface area contributed by atoms with Crippen LogP contribution in [-0.2, 0) is 0 Å². The Bertz CT molecular complexity index is 219. The Labute approximate surface area is 108 Å². The van der Waals surface area contributed by atoms with Crippen molar-refractivity contribution < 1.29 is 0 Å². The fourth-order valence-electron chi connectivity index (χ4n) is 2.56. The van der Waals surface area contributed by atoms with Crippen molar-refractivity contribution in [1.82, 2.24) is 0 Å². The molecule has 0 aromatic carbocycles. The molecule has 98 valence electrons. The van der Waals surface area contributed by atoms with Crippen LogP contribution in [0.4, 0.5) is 0 Å². The van der Waals surface area contributed by atoms with Gasteiger partial charge in [-0.15, -0.1) is 0 Å². The van der Waals surface area contributed by atoms with Gasteiger partial charge in [-0.2, -0.15) is 0 Å². The minimum absolute atomic E-state index is 1.29. The summed E-state index contributed by atoms with van der Waals surface area (Å²) in [7, 11) is 0. The summed E-state index contributed by atoms with van der Waals surface area (Å²) in [5, 5.41) is 0. The number of rotatable bonds is 6. The molecular weight excluding hydrogens is 204 g/mol. The fourth-order valence-corrected chi connectivity index (χ4v) is 2.56. The average Bonchev–Trinajstić information content (AvgIpc) is 2.56. The van der Waals surface area contributed by atoms with Crippen LogP contribution in [0.3, 0.4) is 0 Å². The van der Waals surface area contributed by atoms with Crippen molar-refractivity contribution in [3.8, 4) is 0 Å². The zero-order chi connectivity index (χ0) is 12.3. The van der Waals surface area contributed by atoms with Gasteiger partial charge in [0.1, 0.15) is 0 Å². The van der Waals surface area contributed by atoms with Gasteiger partial charge in [0, 0.05) is 0 Å². The predicted molar refractivity (Wildman–Crippen MR) is 78.3 cm³/mol. The van der Waals surface area contributed by atoms with E-state index in [1.807, 2.05) is 0 Å². The molecule has 1 aliphatic carbocycles. The molecule has 0 bridgehead atoms. The van der Waals surface area contributed by atoms with Crippen molar-refractivity contribution >= 4 is 0 Å². The summed E-state index contributed by atoms with van der Waals surface area (Å²) >= 11 is 0. The van der Waals surface area contributed by atoms with E-state index in [1.54, 1.807) is 11.1 Å². The lowest BCUT2D eigenvalue weighted by Gasteiger charge is -2.08. The molecule has 1 aliphatic rings. The fraction of sp³-hybridized carbons (Fsp3) is 0.765. The van der Waals surface area contributed by atoms with Gasteiger partial charge in [0.2, 0.25) is 0 Å². The number of unbranched alkanes of at least 4 members (excludes halogenated alkanes) is 4. The van der Waals surface area contributed by atoms with Gasteiger partial charge < -0.3 is 0 Å². The Balaban J connectivity index is 2.58. The monoisotopic (exact) mass is 234 g/mol. The molecule has 0 amide bonds. The molecule has 0 aromatic heterocycles. The second kappa shape index (κ2) is 9.50. The van der Waals surface area contributed by atoms with Gasteiger partial charge in [0.25, 0.3) is 0 Å². The molecule has 0 N–H and O–H groups in total. The molecule has 0 aromatic rings. The highest BCUT2D eigenvalue weighted by molar-refractivity contribution is 5.31. The zero-order valence-corrected chi connectivity index (χ0v) is 11.9. The van der Waals surface area contributed by atoms with Gasteiger partial charge in [0.15, 0.2) is 0 Å². The highest BCUT2D eigenvalue weighted by Gasteiger charge is 2.09. The summed E-state index contributed by atoms with van der Waals surface area (Å²) in [6, 6.07) is 0. The van der Waals surface area contributed by atoms with Gasteiger partial charge >= 0.3 is 0 Å². The van der Waals surface area contributed by atoms with Crippen LogP contribution in [0.15, 0.2) is 23.3 Å². The van der Waals surface area contributed by atoms with Crippen molar-refractivity contribution in [3.63, 3.8) is 0 Å². The van der Waals surface area contributed by atoms with Crippen molar-refractivity contribution in [2.45, 2.75) is 84.5 Å². The van der Waals surface area contributed by atoms with Crippen LogP contribution in [0.2, 0.25) is 0 Å². The lowest BCUT2D eigenvalue weighted by atomic mass is 9.97. The van der Waals surface area contributed by atoms with Gasteiger partial charge in [0.05, 0.1) is 0 Å². The Hall–Kier alpha value is -0.520. The molecular formula is C17H30. The molecule has 0 heterocycles. The van der Waals surface area contributed by atoms with E-state index < -0.39 is 0 Å². The van der Waals surface area contributed by atoms with Crippen LogP contribution in [0, 0.1) is 0 Å². The highest BCUT2D eigenvalue weighted by Crippen LogP contribution is 2.28. The number of hydrogen-bond acceptors (Lipinski definition) is 0. The van der Waals surface area contributed by atoms with E-state index in [4.69, 9.17) is 0 Å². The van der Waals surface area contributed by atoms with Crippen LogP contribution in [0.5, 0.6) is 0 Å². The van der Waals surface area contributed by atoms with Crippen LogP contribution in [0.25, 0.3) is 0 Å². The molecule has 0 aliphatic heterocycles. The summed E-state index contributed by atoms with van der Waals surface area (Å²) in [5.74, 6) is 0. The third-order valence-electron chi connectivity index (χ3n) is 3.70. The van der Waals surface area contributed by atoms with Gasteiger partial charge in [-0.1, -0.05) is 58.1 Å². The Morgan fingerprint density at radius 1 is 0.765 bits per heavy atom. The largest absolute Gasteiger partial charge is 0.0811 e. The molecule has 17 heavy (non-hydrogen) atoms. The molecule has 1 rings (SSSR count). The second-order valence-corrected chi connectivity index (χ2v) is 5.30. The van der Waals surface area contributed by atoms with Crippen molar-refractivity contribution in [2.75, 3.05) is 0 Å². The van der Waals surface area contributed by atoms with Crippen LogP contribution in [0.1, 0.15) is 84.5 Å². The van der Waals surface area contributed by atoms with E-state index >= 15 is 0 Å². The minimum Gasteiger partial charge on any atom is -0.0811 e. The SMILES string of the molecule is CCCCC=C1CCCCCC1=CCCCC. The van der Waals surface area contributed by atoms with E-state index in [2.05, 4.69) is 26.0 Å². The molecule has 0 saturated heterocycles. The van der Waals surface area contributed by atoms with E-state index in [1.165, 1.54) is 70.6 Å². The maximum atomic E-state index is 2.53. The molecule has 0 heteroatoms. The highest BCUT2D eigenvalue weighted by atomic mass is 14.1. The van der Waals surface area contributed by atoms with Crippen LogP contribution in [-0.4, -0.2) is 0 Å². The van der Waals surface area contributed by atoms with E-state index in [-0.39, 0.29) is 0 Å². The third kappa shape index (κ3) is 6.10. The summed E-state index contributed by atoms with van der Waals surface area (Å²) in [6.07, 6.45) is 19.9. The first-order chi connectivity index (χ1) is 8.38. The topological polar surface area (TPSA) is 0 Å². The predicted octanol–water partition coefficient (Wildman–Crippen LogP) is 6.18. The Morgan fingerprint density at radius 2 is 1.24 bits per heavy atom. The first-order valence-corrected chi connectivity index (χ1v) is 7.77. The summed E-state index contributed by atoms with van der Waals surface area (Å²) in [4.78, 5) is 0. The smallest absolute Gasteiger partial charge is 0.0279 e. The van der Waals surface area contributed by atoms with Gasteiger partial charge in [-0.25, -0.2) is 0 Å². The minimum atomic E-state index is 1.29. The Morgan fingerprint density at radius 3 is 1.65 bits per heavy atom. The normalized spacial score (nSPS) is 22.0. The first kappa shape index (κ1) is 14.5. The van der Waals surface area contributed by atoms with E-state index in [9.17, 15) is 0 Å². The first-order valence-electron chi connectivity index (χ1n) is 7.77. The third-order valence-corrected chi connectivity index (χ3v) is 3.70. The quantitative estimate of drug-likeness (QED) is 0.380. The molecule has 0 radical (unpaired) electrons. The number of allylic oxidation sites excluding steroid dienone is 4. The van der Waals surface area contributed by atoms with E-state index in [0.29, 0.717) is 0 Å². The van der Waals surface area contributed by atoms with Crippen LogP contribution >= 0.6 is 0 Å². The average molecular weight is 234 g/mol. The number of hydrogen-bond donors (Lipinski definition) is 0. The van der Waals surface area contributed by atoms with Gasteiger partial charge in [-0.3, -0.25) is 0 Å². The summed E-state index contributed by atoms with van der Waals surface area (Å²) < 4.78 is 0. The Kier molecular flexibility index (Phi) is 8.13. The maximum absolute atomic E-state index is 2.53. The molecule has 0 nitrogen and oxygen atoms in total. The van der Waals surface area contributed by atoms with Crippen LogP contribution < -0.4 is 0 Å². The maximum Gasteiger partial charge on any atom is -0.0279 e. The second-order valence-electron chi connectivity index (χ2n) is 5.30. The molecule has 0 spiro atoms. The molecule has 1 fully saturated rings. The van der Waals surface area contributed by atoms with Crippen molar-refractivity contribution in [1.29, 1.82) is 0 Å².